The van der Waals surface area contributed by atoms with Gasteiger partial charge in [0.05, 0.1) is 11.9 Å². The molecule has 3 rings (SSSR count). The summed E-state index contributed by atoms with van der Waals surface area (Å²) in [5, 5.41) is 4.60. The van der Waals surface area contributed by atoms with Crippen LogP contribution in [0.15, 0.2) is 42.6 Å². The van der Waals surface area contributed by atoms with Crippen LogP contribution in [0.5, 0.6) is 0 Å². The van der Waals surface area contributed by atoms with Crippen molar-refractivity contribution in [2.75, 3.05) is 5.73 Å². The Morgan fingerprint density at radius 1 is 1.12 bits per heavy atom. The molecule has 2 aromatic heterocycles. The second-order valence-electron chi connectivity index (χ2n) is 3.69. The molecule has 2 heterocycles. The molecular formula is C12H9ClN4. The van der Waals surface area contributed by atoms with E-state index in [-0.39, 0.29) is 0 Å². The number of anilines is 1. The highest BCUT2D eigenvalue weighted by Crippen LogP contribution is 2.22. The maximum Gasteiger partial charge on any atom is 0.157 e. The number of nitrogen functional groups attached to an aromatic ring is 1. The summed E-state index contributed by atoms with van der Waals surface area (Å²) in [5.74, 6) is 0. The number of hydrogen-bond donors (Lipinski definition) is 1. The predicted octanol–water partition coefficient (Wildman–Crippen LogP) is 2.63. The molecule has 0 atom stereocenters. The zero-order valence-corrected chi connectivity index (χ0v) is 9.59. The van der Waals surface area contributed by atoms with Crippen molar-refractivity contribution in [3.05, 3.63) is 47.7 Å². The van der Waals surface area contributed by atoms with Crippen LogP contribution in [-0.4, -0.2) is 14.6 Å². The van der Waals surface area contributed by atoms with Gasteiger partial charge in [-0.25, -0.2) is 9.50 Å². The molecule has 4 nitrogen and oxygen atoms in total. The van der Waals surface area contributed by atoms with Crippen molar-refractivity contribution in [2.24, 2.45) is 0 Å². The van der Waals surface area contributed by atoms with Gasteiger partial charge in [0, 0.05) is 23.4 Å². The fourth-order valence-corrected chi connectivity index (χ4v) is 1.91. The highest BCUT2D eigenvalue weighted by atomic mass is 35.5. The molecule has 0 aliphatic carbocycles. The summed E-state index contributed by atoms with van der Waals surface area (Å²) in [4.78, 5) is 4.47. The van der Waals surface area contributed by atoms with Crippen LogP contribution in [0.3, 0.4) is 0 Å². The van der Waals surface area contributed by atoms with E-state index in [0.29, 0.717) is 5.15 Å². The molecule has 0 aliphatic rings. The minimum Gasteiger partial charge on any atom is -0.399 e. The van der Waals surface area contributed by atoms with Crippen molar-refractivity contribution in [3.63, 3.8) is 0 Å². The lowest BCUT2D eigenvalue weighted by molar-refractivity contribution is 0.942. The summed E-state index contributed by atoms with van der Waals surface area (Å²) in [6.07, 6.45) is 1.67. The fourth-order valence-electron chi connectivity index (χ4n) is 1.68. The quantitative estimate of drug-likeness (QED) is 0.529. The number of nitrogens with zero attached hydrogens (tertiary/aromatic N) is 3. The van der Waals surface area contributed by atoms with E-state index in [0.717, 1.165) is 22.6 Å². The third-order valence-electron chi connectivity index (χ3n) is 2.52. The van der Waals surface area contributed by atoms with Crippen molar-refractivity contribution in [1.82, 2.24) is 14.6 Å². The Bertz CT molecular complexity index is 673. The number of aromatic nitrogens is 3. The predicted molar refractivity (Wildman–Crippen MR) is 67.8 cm³/mol. The lowest BCUT2D eigenvalue weighted by Crippen LogP contribution is -1.94. The van der Waals surface area contributed by atoms with E-state index in [2.05, 4.69) is 10.1 Å². The van der Waals surface area contributed by atoms with E-state index < -0.39 is 0 Å². The molecule has 0 saturated carbocycles. The Balaban J connectivity index is 2.20. The molecule has 3 aromatic rings. The van der Waals surface area contributed by atoms with Crippen LogP contribution in [0.4, 0.5) is 5.69 Å². The number of nitrogens with two attached hydrogens (primary N) is 1. The van der Waals surface area contributed by atoms with Crippen LogP contribution >= 0.6 is 11.6 Å². The molecule has 0 aliphatic heterocycles. The maximum absolute atomic E-state index is 6.12. The minimum absolute atomic E-state index is 0.534. The van der Waals surface area contributed by atoms with Crippen LogP contribution in [-0.2, 0) is 0 Å². The van der Waals surface area contributed by atoms with Gasteiger partial charge in [-0.15, -0.1) is 0 Å². The Labute approximate surface area is 103 Å². The Morgan fingerprint density at radius 2 is 1.88 bits per heavy atom. The first-order valence-electron chi connectivity index (χ1n) is 5.10. The third-order valence-corrected chi connectivity index (χ3v) is 2.79. The summed E-state index contributed by atoms with van der Waals surface area (Å²) in [6, 6.07) is 11.1. The molecule has 0 amide bonds. The molecule has 5 heteroatoms. The van der Waals surface area contributed by atoms with E-state index in [1.54, 1.807) is 16.8 Å². The van der Waals surface area contributed by atoms with Crippen molar-refractivity contribution >= 4 is 22.9 Å². The molecule has 0 bridgehead atoms. The van der Waals surface area contributed by atoms with Crippen LogP contribution in [0.25, 0.3) is 16.9 Å². The van der Waals surface area contributed by atoms with Gasteiger partial charge < -0.3 is 5.73 Å². The molecule has 1 aromatic carbocycles. The fraction of sp³-hybridized carbons (Fsp3) is 0. The zero-order chi connectivity index (χ0) is 11.8. The van der Waals surface area contributed by atoms with E-state index >= 15 is 0 Å². The van der Waals surface area contributed by atoms with Crippen LogP contribution < -0.4 is 5.73 Å². The highest BCUT2D eigenvalue weighted by molar-refractivity contribution is 6.30. The van der Waals surface area contributed by atoms with E-state index in [1.165, 1.54) is 0 Å². The number of halogens is 1. The normalized spacial score (nSPS) is 10.9. The molecule has 84 valence electrons. The van der Waals surface area contributed by atoms with Crippen LogP contribution in [0.2, 0.25) is 5.15 Å². The van der Waals surface area contributed by atoms with E-state index in [4.69, 9.17) is 17.3 Å². The Morgan fingerprint density at radius 3 is 2.65 bits per heavy atom. The van der Waals surface area contributed by atoms with E-state index in [9.17, 15) is 0 Å². The molecule has 0 fully saturated rings. The number of hydrogen-bond acceptors (Lipinski definition) is 3. The SMILES string of the molecule is Nc1ccc(-c2cc(Cl)n3nccc3n2)cc1. The second kappa shape index (κ2) is 3.75. The molecule has 0 radical (unpaired) electrons. The second-order valence-corrected chi connectivity index (χ2v) is 4.07. The van der Waals surface area contributed by atoms with Crippen molar-refractivity contribution in [1.29, 1.82) is 0 Å². The monoisotopic (exact) mass is 244 g/mol. The van der Waals surface area contributed by atoms with Crippen LogP contribution in [0.1, 0.15) is 0 Å². The number of fused-ring (bicyclic) bond motifs is 1. The topological polar surface area (TPSA) is 56.2 Å². The number of benzene rings is 1. The van der Waals surface area contributed by atoms with Crippen molar-refractivity contribution < 1.29 is 0 Å². The molecule has 0 unspecified atom stereocenters. The van der Waals surface area contributed by atoms with Gasteiger partial charge in [0.15, 0.2) is 5.65 Å². The Hall–Kier alpha value is -2.07. The zero-order valence-electron chi connectivity index (χ0n) is 8.84. The van der Waals surface area contributed by atoms with E-state index in [1.807, 2.05) is 30.3 Å². The average molecular weight is 245 g/mol. The maximum atomic E-state index is 6.12. The van der Waals surface area contributed by atoms with Crippen molar-refractivity contribution in [2.45, 2.75) is 0 Å². The molecule has 0 spiro atoms. The average Bonchev–Trinajstić information content (AvgIpc) is 2.78. The highest BCUT2D eigenvalue weighted by Gasteiger charge is 2.06. The smallest absolute Gasteiger partial charge is 0.157 e. The largest absolute Gasteiger partial charge is 0.399 e. The first kappa shape index (κ1) is 10.1. The minimum atomic E-state index is 0.534. The van der Waals surface area contributed by atoms with Gasteiger partial charge in [0.1, 0.15) is 5.15 Å². The van der Waals surface area contributed by atoms with Gasteiger partial charge in [0.25, 0.3) is 0 Å². The third kappa shape index (κ3) is 1.72. The van der Waals surface area contributed by atoms with Gasteiger partial charge in [-0.1, -0.05) is 23.7 Å². The summed E-state index contributed by atoms with van der Waals surface area (Å²) in [6.45, 7) is 0. The van der Waals surface area contributed by atoms with Gasteiger partial charge in [0.2, 0.25) is 0 Å². The van der Waals surface area contributed by atoms with Gasteiger partial charge >= 0.3 is 0 Å². The van der Waals surface area contributed by atoms with Gasteiger partial charge in [-0.2, -0.15) is 5.10 Å². The number of rotatable bonds is 1. The molecule has 0 saturated heterocycles. The van der Waals surface area contributed by atoms with Crippen molar-refractivity contribution in [3.8, 4) is 11.3 Å². The van der Waals surface area contributed by atoms with Gasteiger partial charge in [-0.05, 0) is 12.1 Å². The lowest BCUT2D eigenvalue weighted by Gasteiger charge is -2.03. The summed E-state index contributed by atoms with van der Waals surface area (Å²) < 4.78 is 1.59. The summed E-state index contributed by atoms with van der Waals surface area (Å²) in [7, 11) is 0. The Kier molecular flexibility index (Phi) is 2.23. The van der Waals surface area contributed by atoms with Gasteiger partial charge in [-0.3, -0.25) is 0 Å². The lowest BCUT2D eigenvalue weighted by atomic mass is 10.1. The summed E-state index contributed by atoms with van der Waals surface area (Å²) >= 11 is 6.12. The first-order chi connectivity index (χ1) is 8.24. The summed E-state index contributed by atoms with van der Waals surface area (Å²) in [5.41, 5.74) is 8.89. The standard InChI is InChI=1S/C12H9ClN4/c13-11-7-10(8-1-3-9(14)4-2-8)16-12-5-6-15-17(11)12/h1-7H,14H2. The first-order valence-corrected chi connectivity index (χ1v) is 5.48. The molecular weight excluding hydrogens is 236 g/mol. The van der Waals surface area contributed by atoms with Crippen LogP contribution in [0, 0.1) is 0 Å². The molecule has 17 heavy (non-hydrogen) atoms. The molecule has 2 N–H and O–H groups in total.